The predicted octanol–water partition coefficient (Wildman–Crippen LogP) is 1.15. The number of carbonyl (C=O) groups excluding carboxylic acids is 2. The van der Waals surface area contributed by atoms with Crippen LogP contribution in [-0.2, 0) is 22.7 Å². The summed E-state index contributed by atoms with van der Waals surface area (Å²) >= 11 is 0. The Morgan fingerprint density at radius 1 is 1.21 bits per heavy atom. The number of hydrogen-bond acceptors (Lipinski definition) is 5. The van der Waals surface area contributed by atoms with Gasteiger partial charge in [-0.25, -0.2) is 4.98 Å². The highest BCUT2D eigenvalue weighted by molar-refractivity contribution is 5.89. The van der Waals surface area contributed by atoms with E-state index in [2.05, 4.69) is 10.3 Å². The maximum atomic E-state index is 12.4. The molecule has 1 fully saturated rings. The van der Waals surface area contributed by atoms with Crippen molar-refractivity contribution in [1.82, 2.24) is 19.8 Å². The van der Waals surface area contributed by atoms with E-state index in [0.717, 1.165) is 0 Å². The van der Waals surface area contributed by atoms with Crippen molar-refractivity contribution in [1.29, 1.82) is 0 Å². The Morgan fingerprint density at radius 3 is 2.89 bits per heavy atom. The molecule has 4 rings (SSSR count). The minimum absolute atomic E-state index is 0.0634. The Labute approximate surface area is 160 Å². The Kier molecular flexibility index (Phi) is 4.92. The molecule has 0 radical (unpaired) electrons. The highest BCUT2D eigenvalue weighted by atomic mass is 16.3. The molecule has 1 aliphatic heterocycles. The molecule has 1 N–H and O–H groups in total. The molecular formula is C20H20N4O4. The Hall–Kier alpha value is -3.42. The number of amides is 2. The van der Waals surface area contributed by atoms with E-state index in [9.17, 15) is 14.4 Å². The quantitative estimate of drug-likeness (QED) is 0.692. The molecule has 28 heavy (non-hydrogen) atoms. The highest BCUT2D eigenvalue weighted by Gasteiger charge is 2.34. The molecule has 8 heteroatoms. The predicted molar refractivity (Wildman–Crippen MR) is 101 cm³/mol. The number of hydrogen-bond donors (Lipinski definition) is 1. The molecule has 8 nitrogen and oxygen atoms in total. The van der Waals surface area contributed by atoms with Crippen LogP contribution in [0.1, 0.15) is 12.2 Å². The van der Waals surface area contributed by atoms with E-state index in [1.54, 1.807) is 41.5 Å². The van der Waals surface area contributed by atoms with Gasteiger partial charge in [0.1, 0.15) is 5.76 Å². The lowest BCUT2D eigenvalue weighted by molar-refractivity contribution is -0.129. The fourth-order valence-electron chi connectivity index (χ4n) is 3.40. The number of para-hydroxylation sites is 1. The van der Waals surface area contributed by atoms with Crippen molar-refractivity contribution in [2.75, 3.05) is 13.1 Å². The number of furan rings is 1. The van der Waals surface area contributed by atoms with E-state index in [4.69, 9.17) is 4.42 Å². The number of nitrogens with zero attached hydrogens (tertiary/aromatic N) is 3. The van der Waals surface area contributed by atoms with Crippen molar-refractivity contribution in [3.63, 3.8) is 0 Å². The van der Waals surface area contributed by atoms with Crippen molar-refractivity contribution in [2.24, 2.45) is 5.92 Å². The van der Waals surface area contributed by atoms with Crippen molar-refractivity contribution < 1.29 is 14.0 Å². The molecule has 0 spiro atoms. The first-order chi connectivity index (χ1) is 13.6. The second kappa shape index (κ2) is 7.67. The van der Waals surface area contributed by atoms with E-state index in [1.807, 2.05) is 6.07 Å². The summed E-state index contributed by atoms with van der Waals surface area (Å²) in [6.07, 6.45) is 3.23. The fraction of sp³-hybridized carbons (Fsp3) is 0.300. The molecule has 1 aromatic carbocycles. The summed E-state index contributed by atoms with van der Waals surface area (Å²) in [5.41, 5.74) is 0.509. The lowest BCUT2D eigenvalue weighted by Gasteiger charge is -2.15. The van der Waals surface area contributed by atoms with Crippen molar-refractivity contribution in [3.8, 4) is 0 Å². The van der Waals surface area contributed by atoms with Crippen LogP contribution in [0.4, 0.5) is 0 Å². The van der Waals surface area contributed by atoms with E-state index in [-0.39, 0.29) is 23.8 Å². The first-order valence-corrected chi connectivity index (χ1v) is 9.14. The SMILES string of the molecule is O=C(NCCn1cnc2ccccc2c1=O)[C@H]1CC(=O)N(Cc2ccco2)C1. The molecular weight excluding hydrogens is 360 g/mol. The number of aromatic nitrogens is 2. The molecule has 1 saturated heterocycles. The van der Waals surface area contributed by atoms with Gasteiger partial charge in [0, 0.05) is 26.1 Å². The molecule has 3 aromatic rings. The summed E-state index contributed by atoms with van der Waals surface area (Å²) in [6, 6.07) is 10.7. The zero-order valence-electron chi connectivity index (χ0n) is 15.2. The van der Waals surface area contributed by atoms with Crippen molar-refractivity contribution in [2.45, 2.75) is 19.5 Å². The second-order valence-electron chi connectivity index (χ2n) is 6.81. The summed E-state index contributed by atoms with van der Waals surface area (Å²) in [7, 11) is 0. The molecule has 2 aromatic heterocycles. The van der Waals surface area contributed by atoms with Gasteiger partial charge in [-0.15, -0.1) is 0 Å². The van der Waals surface area contributed by atoms with Crippen LogP contribution in [-0.4, -0.2) is 39.4 Å². The minimum Gasteiger partial charge on any atom is -0.467 e. The maximum Gasteiger partial charge on any atom is 0.261 e. The molecule has 1 aliphatic rings. The second-order valence-corrected chi connectivity index (χ2v) is 6.81. The zero-order valence-corrected chi connectivity index (χ0v) is 15.2. The van der Waals surface area contributed by atoms with Crippen molar-refractivity contribution >= 4 is 22.7 Å². The van der Waals surface area contributed by atoms with Crippen LogP contribution >= 0.6 is 0 Å². The number of likely N-dealkylation sites (tertiary alicyclic amines) is 1. The molecule has 1 atom stereocenters. The third-order valence-electron chi connectivity index (χ3n) is 4.90. The van der Waals surface area contributed by atoms with Gasteiger partial charge >= 0.3 is 0 Å². The average Bonchev–Trinajstić information content (AvgIpc) is 3.34. The standard InChI is InChI=1S/C20H20N4O4/c25-18-10-14(11-24(18)12-15-4-3-9-28-15)19(26)21-7-8-23-13-22-17-6-2-1-5-16(17)20(23)27/h1-6,9,13-14H,7-8,10-12H2,(H,21,26)/t14-/m0/s1. The van der Waals surface area contributed by atoms with Gasteiger partial charge < -0.3 is 14.6 Å². The third kappa shape index (κ3) is 3.66. The van der Waals surface area contributed by atoms with Crippen LogP contribution in [0.3, 0.4) is 0 Å². The van der Waals surface area contributed by atoms with E-state index >= 15 is 0 Å². The molecule has 0 unspecified atom stereocenters. The largest absolute Gasteiger partial charge is 0.467 e. The van der Waals surface area contributed by atoms with Crippen LogP contribution in [0.25, 0.3) is 10.9 Å². The number of fused-ring (bicyclic) bond motifs is 1. The van der Waals surface area contributed by atoms with Crippen LogP contribution in [0, 0.1) is 5.92 Å². The summed E-state index contributed by atoms with van der Waals surface area (Å²) in [5.74, 6) is 0.0510. The molecule has 0 aliphatic carbocycles. The van der Waals surface area contributed by atoms with Gasteiger partial charge in [0.05, 0.1) is 36.0 Å². The average molecular weight is 380 g/mol. The summed E-state index contributed by atoms with van der Waals surface area (Å²) in [5, 5.41) is 3.37. The first-order valence-electron chi connectivity index (χ1n) is 9.14. The van der Waals surface area contributed by atoms with Crippen LogP contribution < -0.4 is 10.9 Å². The normalized spacial score (nSPS) is 16.6. The highest BCUT2D eigenvalue weighted by Crippen LogP contribution is 2.20. The lowest BCUT2D eigenvalue weighted by atomic mass is 10.1. The third-order valence-corrected chi connectivity index (χ3v) is 4.90. The van der Waals surface area contributed by atoms with E-state index in [0.29, 0.717) is 42.8 Å². The fourth-order valence-corrected chi connectivity index (χ4v) is 3.40. The topological polar surface area (TPSA) is 97.4 Å². The van der Waals surface area contributed by atoms with E-state index < -0.39 is 5.92 Å². The van der Waals surface area contributed by atoms with Gasteiger partial charge in [-0.3, -0.25) is 19.0 Å². The first kappa shape index (κ1) is 18.0. The van der Waals surface area contributed by atoms with Crippen molar-refractivity contribution in [3.05, 3.63) is 65.1 Å². The number of nitrogens with one attached hydrogen (secondary N) is 1. The smallest absolute Gasteiger partial charge is 0.261 e. The van der Waals surface area contributed by atoms with Crippen LogP contribution in [0.15, 0.2) is 58.2 Å². The van der Waals surface area contributed by atoms with Crippen LogP contribution in [0.5, 0.6) is 0 Å². The Balaban J connectivity index is 1.32. The minimum atomic E-state index is -0.395. The van der Waals surface area contributed by atoms with Gasteiger partial charge in [0.25, 0.3) is 5.56 Å². The van der Waals surface area contributed by atoms with Gasteiger partial charge in [-0.05, 0) is 24.3 Å². The van der Waals surface area contributed by atoms with Gasteiger partial charge in [-0.1, -0.05) is 12.1 Å². The van der Waals surface area contributed by atoms with E-state index in [1.165, 1.54) is 10.9 Å². The Bertz CT molecular complexity index is 1060. The summed E-state index contributed by atoms with van der Waals surface area (Å²) in [4.78, 5) is 42.9. The monoisotopic (exact) mass is 380 g/mol. The number of carbonyl (C=O) groups is 2. The molecule has 2 amide bonds. The number of rotatable bonds is 6. The number of benzene rings is 1. The molecule has 0 bridgehead atoms. The molecule has 0 saturated carbocycles. The zero-order chi connectivity index (χ0) is 19.5. The van der Waals surface area contributed by atoms with Gasteiger partial charge in [0.15, 0.2) is 0 Å². The lowest BCUT2D eigenvalue weighted by Crippen LogP contribution is -2.36. The van der Waals surface area contributed by atoms with Gasteiger partial charge in [-0.2, -0.15) is 0 Å². The van der Waals surface area contributed by atoms with Gasteiger partial charge in [0.2, 0.25) is 11.8 Å². The Morgan fingerprint density at radius 2 is 2.07 bits per heavy atom. The maximum absolute atomic E-state index is 12.4. The summed E-state index contributed by atoms with van der Waals surface area (Å²) < 4.78 is 6.74. The molecule has 144 valence electrons. The molecule has 3 heterocycles. The summed E-state index contributed by atoms with van der Waals surface area (Å²) in [6.45, 7) is 1.34. The van der Waals surface area contributed by atoms with Crippen LogP contribution in [0.2, 0.25) is 0 Å².